The van der Waals surface area contributed by atoms with Gasteiger partial charge in [-0.25, -0.2) is 0 Å². The van der Waals surface area contributed by atoms with E-state index in [4.69, 9.17) is 0 Å². The molecule has 1 aromatic carbocycles. The molecule has 0 bridgehead atoms. The minimum atomic E-state index is -0.416. The number of piperidine rings is 1. The molecule has 0 aliphatic carbocycles. The second-order valence-corrected chi connectivity index (χ2v) is 4.59. The molecule has 1 N–H and O–H groups in total. The van der Waals surface area contributed by atoms with Gasteiger partial charge < -0.3 is 10.0 Å². The summed E-state index contributed by atoms with van der Waals surface area (Å²) in [5.41, 5.74) is 1.86. The van der Waals surface area contributed by atoms with Crippen molar-refractivity contribution in [2.75, 3.05) is 6.54 Å². The van der Waals surface area contributed by atoms with E-state index in [0.29, 0.717) is 25.8 Å². The van der Waals surface area contributed by atoms with Gasteiger partial charge in [0.2, 0.25) is 5.91 Å². The summed E-state index contributed by atoms with van der Waals surface area (Å²) < 4.78 is 0. The van der Waals surface area contributed by atoms with Crippen molar-refractivity contribution in [3.63, 3.8) is 0 Å². The number of phenolic OH excluding ortho intramolecular Hbond substituents is 1. The van der Waals surface area contributed by atoms with Gasteiger partial charge in [-0.15, -0.1) is 0 Å². The average Bonchev–Trinajstić information content (AvgIpc) is 2.32. The third-order valence-corrected chi connectivity index (χ3v) is 3.57. The zero-order valence-electron chi connectivity index (χ0n) is 9.35. The molecule has 2 heterocycles. The van der Waals surface area contributed by atoms with Crippen LogP contribution in [0.2, 0.25) is 0 Å². The van der Waals surface area contributed by atoms with Crippen molar-refractivity contribution in [1.82, 2.24) is 4.90 Å². The predicted octanol–water partition coefficient (Wildman–Crippen LogP) is 1.18. The molecule has 3 rings (SSSR count). The molecular formula is C13H13NO3. The fraction of sp³-hybridized carbons (Fsp3) is 0.385. The Morgan fingerprint density at radius 2 is 2.00 bits per heavy atom. The predicted molar refractivity (Wildman–Crippen MR) is 60.5 cm³/mol. The van der Waals surface area contributed by atoms with Gasteiger partial charge in [0.25, 0.3) is 0 Å². The number of hydrogen-bond acceptors (Lipinski definition) is 3. The maximum atomic E-state index is 12.0. The summed E-state index contributed by atoms with van der Waals surface area (Å²) in [5.74, 6) is 0.386. The molecule has 17 heavy (non-hydrogen) atoms. The maximum Gasteiger partial charge on any atom is 0.223 e. The van der Waals surface area contributed by atoms with Crippen LogP contribution in [0.5, 0.6) is 5.75 Å². The van der Waals surface area contributed by atoms with Crippen LogP contribution in [0.4, 0.5) is 0 Å². The van der Waals surface area contributed by atoms with Crippen LogP contribution in [-0.4, -0.2) is 28.2 Å². The zero-order valence-corrected chi connectivity index (χ0v) is 9.35. The molecule has 88 valence electrons. The highest BCUT2D eigenvalue weighted by Crippen LogP contribution is 2.36. The van der Waals surface area contributed by atoms with E-state index < -0.39 is 6.04 Å². The number of hydrogen-bond donors (Lipinski definition) is 1. The Morgan fingerprint density at radius 1 is 1.18 bits per heavy atom. The summed E-state index contributed by atoms with van der Waals surface area (Å²) in [5, 5.41) is 9.44. The first-order chi connectivity index (χ1) is 8.16. The van der Waals surface area contributed by atoms with Crippen LogP contribution >= 0.6 is 0 Å². The SMILES string of the molecule is O=C1CCC(=O)N2CCc3cc(O)ccc3C12. The number of aromatic hydroxyl groups is 1. The van der Waals surface area contributed by atoms with Gasteiger partial charge in [-0.05, 0) is 29.7 Å². The summed E-state index contributed by atoms with van der Waals surface area (Å²) in [6.07, 6.45) is 1.38. The number of Topliss-reactive ketones (excluding diaryl/α,β-unsaturated/α-hetero) is 1. The number of fused-ring (bicyclic) bond motifs is 3. The highest BCUT2D eigenvalue weighted by Gasteiger charge is 2.38. The summed E-state index contributed by atoms with van der Waals surface area (Å²) in [6, 6.07) is 4.62. The Bertz CT molecular complexity index is 509. The summed E-state index contributed by atoms with van der Waals surface area (Å²) >= 11 is 0. The van der Waals surface area contributed by atoms with Crippen LogP contribution in [-0.2, 0) is 16.0 Å². The Kier molecular flexibility index (Phi) is 2.18. The van der Waals surface area contributed by atoms with Crippen LogP contribution in [0, 0.1) is 0 Å². The van der Waals surface area contributed by atoms with E-state index >= 15 is 0 Å². The lowest BCUT2D eigenvalue weighted by molar-refractivity contribution is -0.145. The summed E-state index contributed by atoms with van der Waals surface area (Å²) in [7, 11) is 0. The number of benzene rings is 1. The van der Waals surface area contributed by atoms with E-state index in [0.717, 1.165) is 11.1 Å². The molecule has 1 amide bonds. The number of carbonyl (C=O) groups is 2. The van der Waals surface area contributed by atoms with E-state index in [2.05, 4.69) is 0 Å². The Morgan fingerprint density at radius 3 is 2.82 bits per heavy atom. The van der Waals surface area contributed by atoms with Gasteiger partial charge in [0.15, 0.2) is 5.78 Å². The molecule has 1 aromatic rings. The van der Waals surface area contributed by atoms with Crippen molar-refractivity contribution >= 4 is 11.7 Å². The zero-order chi connectivity index (χ0) is 12.0. The molecule has 2 aliphatic rings. The Hall–Kier alpha value is -1.84. The van der Waals surface area contributed by atoms with E-state index in [1.807, 2.05) is 0 Å². The smallest absolute Gasteiger partial charge is 0.223 e. The Labute approximate surface area is 98.9 Å². The normalized spacial score (nSPS) is 23.3. The van der Waals surface area contributed by atoms with Crippen molar-refractivity contribution in [2.24, 2.45) is 0 Å². The molecule has 4 nitrogen and oxygen atoms in total. The minimum absolute atomic E-state index is 0.0633. The molecular weight excluding hydrogens is 218 g/mol. The van der Waals surface area contributed by atoms with Crippen LogP contribution in [0.25, 0.3) is 0 Å². The first-order valence-electron chi connectivity index (χ1n) is 5.81. The van der Waals surface area contributed by atoms with Crippen LogP contribution < -0.4 is 0 Å². The van der Waals surface area contributed by atoms with E-state index in [-0.39, 0.29) is 17.4 Å². The van der Waals surface area contributed by atoms with Gasteiger partial charge in [0.05, 0.1) is 0 Å². The van der Waals surface area contributed by atoms with E-state index in [9.17, 15) is 14.7 Å². The van der Waals surface area contributed by atoms with Gasteiger partial charge in [-0.3, -0.25) is 9.59 Å². The number of carbonyl (C=O) groups excluding carboxylic acids is 2. The topological polar surface area (TPSA) is 57.6 Å². The quantitative estimate of drug-likeness (QED) is 0.729. The minimum Gasteiger partial charge on any atom is -0.508 e. The van der Waals surface area contributed by atoms with Gasteiger partial charge >= 0.3 is 0 Å². The number of phenols is 1. The van der Waals surface area contributed by atoms with Crippen molar-refractivity contribution in [3.05, 3.63) is 29.3 Å². The van der Waals surface area contributed by atoms with E-state index in [1.165, 1.54) is 0 Å². The van der Waals surface area contributed by atoms with Crippen LogP contribution in [0.1, 0.15) is 30.0 Å². The molecule has 0 spiro atoms. The molecule has 1 saturated heterocycles. The lowest BCUT2D eigenvalue weighted by Gasteiger charge is -2.39. The third-order valence-electron chi connectivity index (χ3n) is 3.57. The van der Waals surface area contributed by atoms with Gasteiger partial charge in [0.1, 0.15) is 11.8 Å². The summed E-state index contributed by atoms with van der Waals surface area (Å²) in [6.45, 7) is 0.575. The van der Waals surface area contributed by atoms with Crippen LogP contribution in [0.15, 0.2) is 18.2 Å². The maximum absolute atomic E-state index is 12.0. The fourth-order valence-electron chi connectivity index (χ4n) is 2.74. The van der Waals surface area contributed by atoms with Gasteiger partial charge in [-0.1, -0.05) is 6.07 Å². The molecule has 1 atom stereocenters. The highest BCUT2D eigenvalue weighted by molar-refractivity contribution is 5.96. The van der Waals surface area contributed by atoms with Crippen molar-refractivity contribution in [1.29, 1.82) is 0 Å². The monoisotopic (exact) mass is 231 g/mol. The third kappa shape index (κ3) is 1.52. The molecule has 0 saturated carbocycles. The number of nitrogens with zero attached hydrogens (tertiary/aromatic N) is 1. The summed E-state index contributed by atoms with van der Waals surface area (Å²) in [4.78, 5) is 25.4. The molecule has 4 heteroatoms. The average molecular weight is 231 g/mol. The molecule has 0 aromatic heterocycles. The molecule has 1 unspecified atom stereocenters. The second kappa shape index (κ2) is 3.58. The van der Waals surface area contributed by atoms with Crippen LogP contribution in [0.3, 0.4) is 0 Å². The lowest BCUT2D eigenvalue weighted by Crippen LogP contribution is -2.46. The van der Waals surface area contributed by atoms with Gasteiger partial charge in [0, 0.05) is 19.4 Å². The van der Waals surface area contributed by atoms with Crippen molar-refractivity contribution < 1.29 is 14.7 Å². The standard InChI is InChI=1S/C13H13NO3/c15-9-1-2-10-8(7-9)5-6-14-12(17)4-3-11(16)13(10)14/h1-2,7,13,15H,3-6H2. The molecule has 2 aliphatic heterocycles. The van der Waals surface area contributed by atoms with E-state index in [1.54, 1.807) is 23.1 Å². The highest BCUT2D eigenvalue weighted by atomic mass is 16.3. The van der Waals surface area contributed by atoms with Crippen molar-refractivity contribution in [3.8, 4) is 5.75 Å². The lowest BCUT2D eigenvalue weighted by atomic mass is 9.86. The molecule has 1 fully saturated rings. The second-order valence-electron chi connectivity index (χ2n) is 4.59. The van der Waals surface area contributed by atoms with Crippen molar-refractivity contribution in [2.45, 2.75) is 25.3 Å². The van der Waals surface area contributed by atoms with Gasteiger partial charge in [-0.2, -0.15) is 0 Å². The molecule has 0 radical (unpaired) electrons. The first-order valence-corrected chi connectivity index (χ1v) is 5.81. The Balaban J connectivity index is 2.09. The first kappa shape index (κ1) is 10.3. The number of ketones is 1. The fourth-order valence-corrected chi connectivity index (χ4v) is 2.74. The number of amides is 1. The number of rotatable bonds is 0. The largest absolute Gasteiger partial charge is 0.508 e.